The Hall–Kier alpha value is -1.79. The van der Waals surface area contributed by atoms with Gasteiger partial charge in [-0.25, -0.2) is 0 Å². The number of phenols is 2. The highest BCUT2D eigenvalue weighted by atomic mass is 16.6. The van der Waals surface area contributed by atoms with Crippen LogP contribution in [0.1, 0.15) is 51.0 Å². The molecule has 0 aliphatic carbocycles. The van der Waals surface area contributed by atoms with Gasteiger partial charge in [-0.2, -0.15) is 0 Å². The number of phenolic OH excluding ortho intramolecular Hbond substituents is 2. The van der Waals surface area contributed by atoms with Gasteiger partial charge in [0.05, 0.1) is 7.11 Å². The van der Waals surface area contributed by atoms with Gasteiger partial charge in [0.25, 0.3) is 0 Å². The van der Waals surface area contributed by atoms with Crippen molar-refractivity contribution in [2.45, 2.75) is 58.7 Å². The summed E-state index contributed by atoms with van der Waals surface area (Å²) in [5, 5.41) is 29.6. The predicted octanol–water partition coefficient (Wildman–Crippen LogP) is 3.81. The number of aliphatic hydroxyl groups is 1. The average molecular weight is 339 g/mol. The predicted molar refractivity (Wildman–Crippen MR) is 94.5 cm³/mol. The molecule has 0 spiro atoms. The largest absolute Gasteiger partial charge is 0.505 e. The fourth-order valence-electron chi connectivity index (χ4n) is 2.32. The molecule has 3 N–H and O–H groups in total. The smallest absolute Gasteiger partial charge is 0.167 e. The van der Waals surface area contributed by atoms with Gasteiger partial charge in [-0.15, -0.1) is 0 Å². The lowest BCUT2D eigenvalue weighted by Gasteiger charge is -2.11. The maximum absolute atomic E-state index is 10.1. The van der Waals surface area contributed by atoms with Crippen LogP contribution < -0.4 is 4.74 Å². The van der Waals surface area contributed by atoms with Crippen LogP contribution in [0.3, 0.4) is 0 Å². The van der Waals surface area contributed by atoms with Gasteiger partial charge < -0.3 is 24.8 Å². The summed E-state index contributed by atoms with van der Waals surface area (Å²) in [4.78, 5) is 4.14. The van der Waals surface area contributed by atoms with Crippen molar-refractivity contribution in [1.29, 1.82) is 0 Å². The van der Waals surface area contributed by atoms with Crippen LogP contribution in [-0.4, -0.2) is 41.5 Å². The highest BCUT2D eigenvalue weighted by molar-refractivity contribution is 5.71. The lowest BCUT2D eigenvalue weighted by Crippen LogP contribution is -2.12. The molecule has 0 fully saturated rings. The van der Waals surface area contributed by atoms with Crippen LogP contribution in [0.25, 0.3) is 0 Å². The first-order valence-corrected chi connectivity index (χ1v) is 8.42. The summed E-state index contributed by atoms with van der Waals surface area (Å²) in [6.07, 6.45) is 6.14. The highest BCUT2D eigenvalue weighted by Gasteiger charge is 2.14. The third-order valence-electron chi connectivity index (χ3n) is 3.73. The standard InChI is InChI=1S/C18H29NO5/c1-4-5-6-7-11-24-16(21)9-8-10-19-14-12-15(20)18(23-3)13(2)17(14)22/h10,12,16,20-22H,4-9,11H2,1-3H3. The number of aliphatic imine (C=N–C) groups is 1. The Labute approximate surface area is 143 Å². The van der Waals surface area contributed by atoms with E-state index in [0.717, 1.165) is 12.8 Å². The van der Waals surface area contributed by atoms with Crippen molar-refractivity contribution in [2.75, 3.05) is 13.7 Å². The molecular formula is C18H29NO5. The van der Waals surface area contributed by atoms with Crippen LogP contribution in [-0.2, 0) is 4.74 Å². The van der Waals surface area contributed by atoms with Gasteiger partial charge in [-0.3, -0.25) is 4.99 Å². The quantitative estimate of drug-likeness (QED) is 0.247. The Balaban J connectivity index is 2.42. The van der Waals surface area contributed by atoms with E-state index in [-0.39, 0.29) is 22.9 Å². The van der Waals surface area contributed by atoms with Crippen molar-refractivity contribution in [3.05, 3.63) is 11.6 Å². The van der Waals surface area contributed by atoms with E-state index in [2.05, 4.69) is 11.9 Å². The fourth-order valence-corrected chi connectivity index (χ4v) is 2.32. The molecule has 0 aliphatic rings. The van der Waals surface area contributed by atoms with Crippen molar-refractivity contribution >= 4 is 11.9 Å². The summed E-state index contributed by atoms with van der Waals surface area (Å²) in [5.41, 5.74) is 0.695. The molecule has 24 heavy (non-hydrogen) atoms. The van der Waals surface area contributed by atoms with Crippen molar-refractivity contribution in [3.63, 3.8) is 0 Å². The zero-order valence-electron chi connectivity index (χ0n) is 14.8. The van der Waals surface area contributed by atoms with E-state index < -0.39 is 6.29 Å². The van der Waals surface area contributed by atoms with Crippen LogP contribution in [0.2, 0.25) is 0 Å². The average Bonchev–Trinajstić information content (AvgIpc) is 2.56. The third kappa shape index (κ3) is 6.37. The van der Waals surface area contributed by atoms with Gasteiger partial charge in [-0.1, -0.05) is 26.2 Å². The first-order chi connectivity index (χ1) is 11.5. The lowest BCUT2D eigenvalue weighted by atomic mass is 10.1. The Morgan fingerprint density at radius 3 is 2.67 bits per heavy atom. The van der Waals surface area contributed by atoms with Crippen molar-refractivity contribution in [3.8, 4) is 17.2 Å². The summed E-state index contributed by atoms with van der Waals surface area (Å²) in [5.74, 6) is 0.127. The van der Waals surface area contributed by atoms with Crippen molar-refractivity contribution in [2.24, 2.45) is 4.99 Å². The summed E-state index contributed by atoms with van der Waals surface area (Å²) in [6, 6.07) is 1.35. The lowest BCUT2D eigenvalue weighted by molar-refractivity contribution is -0.102. The molecule has 1 aromatic carbocycles. The molecule has 0 bridgehead atoms. The van der Waals surface area contributed by atoms with E-state index in [9.17, 15) is 15.3 Å². The van der Waals surface area contributed by atoms with Crippen molar-refractivity contribution < 1.29 is 24.8 Å². The zero-order chi connectivity index (χ0) is 17.9. The van der Waals surface area contributed by atoms with Gasteiger partial charge in [0, 0.05) is 30.9 Å². The number of rotatable bonds is 11. The normalized spacial score (nSPS) is 12.7. The van der Waals surface area contributed by atoms with Crippen molar-refractivity contribution in [1.82, 2.24) is 0 Å². The number of ether oxygens (including phenoxy) is 2. The molecule has 0 heterocycles. The molecule has 136 valence electrons. The third-order valence-corrected chi connectivity index (χ3v) is 3.73. The second-order valence-corrected chi connectivity index (χ2v) is 5.70. The van der Waals surface area contributed by atoms with Crippen LogP contribution in [0.15, 0.2) is 11.1 Å². The van der Waals surface area contributed by atoms with Gasteiger partial charge in [-0.05, 0) is 19.8 Å². The van der Waals surface area contributed by atoms with E-state index in [0.29, 0.717) is 25.0 Å². The molecule has 0 saturated carbocycles. The molecule has 0 aromatic heterocycles. The number of aliphatic hydroxyl groups excluding tert-OH is 1. The molecule has 1 unspecified atom stereocenters. The molecule has 6 nitrogen and oxygen atoms in total. The van der Waals surface area contributed by atoms with Gasteiger partial charge >= 0.3 is 0 Å². The topological polar surface area (TPSA) is 91.5 Å². The molecular weight excluding hydrogens is 310 g/mol. The minimum Gasteiger partial charge on any atom is -0.505 e. The minimum absolute atomic E-state index is 0.0337. The molecule has 6 heteroatoms. The molecule has 0 aliphatic heterocycles. The maximum Gasteiger partial charge on any atom is 0.167 e. The van der Waals surface area contributed by atoms with Crippen LogP contribution in [0, 0.1) is 6.92 Å². The number of nitrogens with zero attached hydrogens (tertiary/aromatic N) is 1. The molecule has 1 atom stereocenters. The van der Waals surface area contributed by atoms with Crippen LogP contribution in [0.4, 0.5) is 5.69 Å². The number of unbranched alkanes of at least 4 members (excludes halogenated alkanes) is 3. The Morgan fingerprint density at radius 2 is 2.00 bits per heavy atom. The molecule has 0 saturated heterocycles. The van der Waals surface area contributed by atoms with Crippen LogP contribution in [0.5, 0.6) is 17.2 Å². The van der Waals surface area contributed by atoms with E-state index >= 15 is 0 Å². The van der Waals surface area contributed by atoms with E-state index in [1.807, 2.05) is 0 Å². The molecule has 1 rings (SSSR count). The van der Waals surface area contributed by atoms with E-state index in [1.54, 1.807) is 13.1 Å². The molecule has 0 amide bonds. The SMILES string of the molecule is CCCCCCOC(O)CCC=Nc1cc(O)c(OC)c(C)c1O. The number of hydrogen-bond donors (Lipinski definition) is 3. The monoisotopic (exact) mass is 339 g/mol. The van der Waals surface area contributed by atoms with Crippen LogP contribution >= 0.6 is 0 Å². The fraction of sp³-hybridized carbons (Fsp3) is 0.611. The minimum atomic E-state index is -0.808. The number of hydrogen-bond acceptors (Lipinski definition) is 6. The highest BCUT2D eigenvalue weighted by Crippen LogP contribution is 2.42. The first-order valence-electron chi connectivity index (χ1n) is 8.42. The second kappa shape index (κ2) is 10.9. The summed E-state index contributed by atoms with van der Waals surface area (Å²) < 4.78 is 10.3. The van der Waals surface area contributed by atoms with Gasteiger partial charge in [0.2, 0.25) is 0 Å². The van der Waals surface area contributed by atoms with Gasteiger partial charge in [0.15, 0.2) is 17.8 Å². The number of benzene rings is 1. The van der Waals surface area contributed by atoms with E-state index in [1.165, 1.54) is 26.0 Å². The summed E-state index contributed by atoms with van der Waals surface area (Å²) in [7, 11) is 1.42. The number of aromatic hydroxyl groups is 2. The van der Waals surface area contributed by atoms with Gasteiger partial charge in [0.1, 0.15) is 11.4 Å². The molecule has 0 radical (unpaired) electrons. The Bertz CT molecular complexity index is 531. The zero-order valence-corrected chi connectivity index (χ0v) is 14.8. The Morgan fingerprint density at radius 1 is 1.25 bits per heavy atom. The number of methoxy groups -OCH3 is 1. The second-order valence-electron chi connectivity index (χ2n) is 5.70. The summed E-state index contributed by atoms with van der Waals surface area (Å²) in [6.45, 7) is 4.35. The Kier molecular flexibility index (Phi) is 9.19. The summed E-state index contributed by atoms with van der Waals surface area (Å²) >= 11 is 0. The van der Waals surface area contributed by atoms with E-state index in [4.69, 9.17) is 9.47 Å². The molecule has 1 aromatic rings. The first kappa shape index (κ1) is 20.3. The maximum atomic E-state index is 10.1.